The molecule has 5 heteroatoms. The minimum Gasteiger partial charge on any atom is -0.464 e. The molecule has 0 aliphatic heterocycles. The molecule has 0 radical (unpaired) electrons. The van der Waals surface area contributed by atoms with Gasteiger partial charge in [0.1, 0.15) is 0 Å². The molecular weight excluding hydrogens is 158 g/mol. The van der Waals surface area contributed by atoms with E-state index in [1.807, 2.05) is 0 Å². The lowest BCUT2D eigenvalue weighted by Crippen LogP contribution is -2.38. The zero-order chi connectivity index (χ0) is 9.07. The summed E-state index contributed by atoms with van der Waals surface area (Å²) in [7, 11) is 0. The Labute approximate surface area is 63.0 Å². The zero-order valence-electron chi connectivity index (χ0n) is 6.30. The smallest absolute Gasteiger partial charge is 0.341 e. The van der Waals surface area contributed by atoms with E-state index >= 15 is 0 Å². The van der Waals surface area contributed by atoms with E-state index in [-0.39, 0.29) is 6.61 Å². The van der Waals surface area contributed by atoms with Crippen LogP contribution < -0.4 is 0 Å². The number of hydrogen-bond acceptors (Lipinski definition) is 3. The topological polar surface area (TPSA) is 46.5 Å². The van der Waals surface area contributed by atoms with Crippen molar-refractivity contribution in [3.63, 3.8) is 0 Å². The molecule has 0 fully saturated rings. The summed E-state index contributed by atoms with van der Waals surface area (Å²) < 4.78 is 28.4. The third-order valence-corrected chi connectivity index (χ3v) is 0.990. The number of ether oxygens (including phenoxy) is 1. The highest BCUT2D eigenvalue weighted by molar-refractivity contribution is 5.75. The van der Waals surface area contributed by atoms with E-state index in [1.54, 1.807) is 0 Å². The lowest BCUT2D eigenvalue weighted by Gasteiger charge is -2.15. The van der Waals surface area contributed by atoms with Gasteiger partial charge in [-0.05, 0) is 6.92 Å². The first-order valence-corrected chi connectivity index (χ1v) is 3.12. The van der Waals surface area contributed by atoms with Gasteiger partial charge in [0.15, 0.2) is 0 Å². The van der Waals surface area contributed by atoms with Crippen LogP contribution in [0.3, 0.4) is 0 Å². The Morgan fingerprint density at radius 3 is 2.45 bits per heavy atom. The Kier molecular flexibility index (Phi) is 3.38. The molecule has 1 N–H and O–H groups in total. The van der Waals surface area contributed by atoms with Gasteiger partial charge in [-0.15, -0.1) is 0 Å². The van der Waals surface area contributed by atoms with Crippen molar-refractivity contribution >= 4 is 5.97 Å². The summed E-state index contributed by atoms with van der Waals surface area (Å²) in [6, 6.07) is 0. The molecular formula is C6H10F2O3. The van der Waals surface area contributed by atoms with Crippen molar-refractivity contribution in [1.82, 2.24) is 0 Å². The molecule has 66 valence electrons. The van der Waals surface area contributed by atoms with Gasteiger partial charge in [-0.2, -0.15) is 0 Å². The van der Waals surface area contributed by atoms with Crippen molar-refractivity contribution in [2.24, 2.45) is 0 Å². The monoisotopic (exact) mass is 168 g/mol. The maximum atomic E-state index is 12.1. The Hall–Kier alpha value is -0.710. The van der Waals surface area contributed by atoms with Crippen LogP contribution in [0.15, 0.2) is 0 Å². The van der Waals surface area contributed by atoms with Crippen molar-refractivity contribution in [2.45, 2.75) is 25.9 Å². The summed E-state index contributed by atoms with van der Waals surface area (Å²) in [5.74, 6) is -4.73. The molecule has 0 saturated carbocycles. The van der Waals surface area contributed by atoms with E-state index in [0.29, 0.717) is 6.92 Å². The Balaban J connectivity index is 4.03. The van der Waals surface area contributed by atoms with Gasteiger partial charge in [0.2, 0.25) is 6.10 Å². The van der Waals surface area contributed by atoms with E-state index in [2.05, 4.69) is 4.74 Å². The van der Waals surface area contributed by atoms with Gasteiger partial charge in [0.05, 0.1) is 6.61 Å². The van der Waals surface area contributed by atoms with Crippen LogP contribution in [0.25, 0.3) is 0 Å². The number of carbonyl (C=O) groups excluding carboxylic acids is 1. The molecule has 3 nitrogen and oxygen atoms in total. The summed E-state index contributed by atoms with van der Waals surface area (Å²) in [5, 5.41) is 8.56. The summed E-state index contributed by atoms with van der Waals surface area (Å²) in [6.45, 7) is 1.90. The number of alkyl halides is 2. The van der Waals surface area contributed by atoms with Crippen molar-refractivity contribution in [3.8, 4) is 0 Å². The van der Waals surface area contributed by atoms with Crippen LogP contribution in [0.4, 0.5) is 8.78 Å². The van der Waals surface area contributed by atoms with Crippen LogP contribution in [0.1, 0.15) is 13.8 Å². The number of aliphatic hydroxyl groups is 1. The highest BCUT2D eigenvalue weighted by atomic mass is 19.3. The maximum Gasteiger partial charge on any atom is 0.341 e. The molecule has 0 amide bonds. The molecule has 0 aromatic carbocycles. The highest BCUT2D eigenvalue weighted by Crippen LogP contribution is 2.17. The molecule has 1 atom stereocenters. The SMILES string of the molecule is CCOC(=O)C(O)C(C)(F)F. The average Bonchev–Trinajstić information content (AvgIpc) is 1.85. The maximum absolute atomic E-state index is 12.1. The number of aliphatic hydroxyl groups excluding tert-OH is 1. The van der Waals surface area contributed by atoms with Crippen LogP contribution in [0, 0.1) is 0 Å². The molecule has 0 rings (SSSR count). The van der Waals surface area contributed by atoms with Crippen molar-refractivity contribution in [2.75, 3.05) is 6.61 Å². The van der Waals surface area contributed by atoms with Crippen molar-refractivity contribution in [1.29, 1.82) is 0 Å². The van der Waals surface area contributed by atoms with Crippen LogP contribution >= 0.6 is 0 Å². The van der Waals surface area contributed by atoms with Crippen LogP contribution in [0.2, 0.25) is 0 Å². The Morgan fingerprint density at radius 1 is 1.73 bits per heavy atom. The van der Waals surface area contributed by atoms with Crippen molar-refractivity contribution in [3.05, 3.63) is 0 Å². The molecule has 0 aromatic rings. The van der Waals surface area contributed by atoms with Crippen LogP contribution in [-0.2, 0) is 9.53 Å². The van der Waals surface area contributed by atoms with E-state index in [0.717, 1.165) is 0 Å². The third kappa shape index (κ3) is 3.27. The molecule has 11 heavy (non-hydrogen) atoms. The Morgan fingerprint density at radius 2 is 2.18 bits per heavy atom. The van der Waals surface area contributed by atoms with Crippen LogP contribution in [0.5, 0.6) is 0 Å². The molecule has 0 aromatic heterocycles. The largest absolute Gasteiger partial charge is 0.464 e. The van der Waals surface area contributed by atoms with Gasteiger partial charge in [-0.25, -0.2) is 13.6 Å². The standard InChI is InChI=1S/C6H10F2O3/c1-3-11-5(10)4(9)6(2,7)8/h4,9H,3H2,1-2H3. The first-order valence-electron chi connectivity index (χ1n) is 3.12. The van der Waals surface area contributed by atoms with Gasteiger partial charge in [-0.3, -0.25) is 0 Å². The quantitative estimate of drug-likeness (QED) is 0.626. The summed E-state index contributed by atoms with van der Waals surface area (Å²) in [5.41, 5.74) is 0. The minimum absolute atomic E-state index is 0.0219. The summed E-state index contributed by atoms with van der Waals surface area (Å²) in [6.07, 6.45) is -2.36. The van der Waals surface area contributed by atoms with Gasteiger partial charge >= 0.3 is 5.97 Å². The summed E-state index contributed by atoms with van der Waals surface area (Å²) in [4.78, 5) is 10.4. The minimum atomic E-state index is -3.44. The van der Waals surface area contributed by atoms with E-state index in [1.165, 1.54) is 6.92 Å². The molecule has 1 unspecified atom stereocenters. The number of halogens is 2. The van der Waals surface area contributed by atoms with Gasteiger partial charge in [-0.1, -0.05) is 0 Å². The predicted octanol–water partition coefficient (Wildman–Crippen LogP) is 0.566. The lowest BCUT2D eigenvalue weighted by atomic mass is 10.2. The Bertz CT molecular complexity index is 141. The van der Waals surface area contributed by atoms with Gasteiger partial charge < -0.3 is 9.84 Å². The molecule has 0 aliphatic rings. The molecule has 0 saturated heterocycles. The summed E-state index contributed by atoms with van der Waals surface area (Å²) >= 11 is 0. The van der Waals surface area contributed by atoms with Crippen LogP contribution in [-0.4, -0.2) is 29.7 Å². The molecule has 0 aliphatic carbocycles. The highest BCUT2D eigenvalue weighted by Gasteiger charge is 2.39. The average molecular weight is 168 g/mol. The first kappa shape index (κ1) is 10.3. The van der Waals surface area contributed by atoms with Gasteiger partial charge in [0, 0.05) is 6.92 Å². The number of hydrogen-bond donors (Lipinski definition) is 1. The molecule has 0 heterocycles. The fraction of sp³-hybridized carbons (Fsp3) is 0.833. The predicted molar refractivity (Wildman–Crippen MR) is 33.3 cm³/mol. The second-order valence-corrected chi connectivity index (χ2v) is 2.11. The van der Waals surface area contributed by atoms with Crippen molar-refractivity contribution < 1.29 is 23.4 Å². The normalized spacial score (nSPS) is 14.3. The molecule has 0 spiro atoms. The number of carbonyl (C=O) groups is 1. The fourth-order valence-corrected chi connectivity index (χ4v) is 0.428. The lowest BCUT2D eigenvalue weighted by molar-refractivity contribution is -0.173. The molecule has 0 bridgehead atoms. The second kappa shape index (κ2) is 3.61. The zero-order valence-corrected chi connectivity index (χ0v) is 6.30. The van der Waals surface area contributed by atoms with Gasteiger partial charge in [0.25, 0.3) is 5.92 Å². The number of rotatable bonds is 3. The van der Waals surface area contributed by atoms with E-state index < -0.39 is 18.0 Å². The second-order valence-electron chi connectivity index (χ2n) is 2.11. The third-order valence-electron chi connectivity index (χ3n) is 0.990. The van der Waals surface area contributed by atoms with E-state index in [4.69, 9.17) is 5.11 Å². The fourth-order valence-electron chi connectivity index (χ4n) is 0.428. The number of esters is 1. The first-order chi connectivity index (χ1) is 4.89. The van der Waals surface area contributed by atoms with E-state index in [9.17, 15) is 13.6 Å².